The van der Waals surface area contributed by atoms with E-state index in [4.69, 9.17) is 4.42 Å². The highest BCUT2D eigenvalue weighted by Crippen LogP contribution is 2.31. The first-order valence-corrected chi connectivity index (χ1v) is 7.57. The van der Waals surface area contributed by atoms with Crippen molar-refractivity contribution in [1.29, 1.82) is 0 Å². The van der Waals surface area contributed by atoms with Gasteiger partial charge in [-0.15, -0.1) is 0 Å². The van der Waals surface area contributed by atoms with Crippen molar-refractivity contribution in [1.82, 2.24) is 4.98 Å². The Kier molecular flexibility index (Phi) is 3.15. The molecular weight excluding hydrogens is 276 g/mol. The lowest BCUT2D eigenvalue weighted by molar-refractivity contribution is 0.518. The number of hydrogen-bond acceptors (Lipinski definition) is 4. The number of anilines is 1. The second kappa shape index (κ2) is 5.30. The summed E-state index contributed by atoms with van der Waals surface area (Å²) in [5.41, 5.74) is 2.31. The molecule has 110 valence electrons. The largest absolute Gasteiger partial charge is 0.403 e. The summed E-state index contributed by atoms with van der Waals surface area (Å²) in [6, 6.07) is 15.3. The Balaban J connectivity index is 1.90. The van der Waals surface area contributed by atoms with Gasteiger partial charge < -0.3 is 9.32 Å². The van der Waals surface area contributed by atoms with Crippen molar-refractivity contribution in [3.05, 3.63) is 59.0 Å². The third kappa shape index (κ3) is 2.17. The standard InChI is InChI=1S/C18H16N2O2/c21-18-13-7-1-3-9-15(13)19-17(22-18)14-8-2-4-10-16(14)20-11-5-6-12-20/h1-4,7-10H,5-6,11-12H2. The molecule has 0 radical (unpaired) electrons. The van der Waals surface area contributed by atoms with Gasteiger partial charge in [0.15, 0.2) is 0 Å². The van der Waals surface area contributed by atoms with Gasteiger partial charge in [0.1, 0.15) is 0 Å². The minimum Gasteiger partial charge on any atom is -0.403 e. The van der Waals surface area contributed by atoms with E-state index in [1.165, 1.54) is 12.8 Å². The fourth-order valence-electron chi connectivity index (χ4n) is 3.02. The molecule has 2 aromatic carbocycles. The van der Waals surface area contributed by atoms with E-state index in [1.807, 2.05) is 36.4 Å². The molecule has 0 saturated carbocycles. The van der Waals surface area contributed by atoms with Gasteiger partial charge >= 0.3 is 5.63 Å². The van der Waals surface area contributed by atoms with Crippen molar-refractivity contribution in [3.8, 4) is 11.5 Å². The molecule has 0 bridgehead atoms. The maximum absolute atomic E-state index is 12.2. The molecular formula is C18H16N2O2. The predicted octanol–water partition coefficient (Wildman–Crippen LogP) is 3.46. The van der Waals surface area contributed by atoms with Gasteiger partial charge in [-0.3, -0.25) is 0 Å². The molecule has 0 aliphatic carbocycles. The molecule has 1 aromatic heterocycles. The van der Waals surface area contributed by atoms with Crippen molar-refractivity contribution in [3.63, 3.8) is 0 Å². The van der Waals surface area contributed by atoms with Crippen molar-refractivity contribution >= 4 is 16.6 Å². The van der Waals surface area contributed by atoms with Gasteiger partial charge in [0.05, 0.1) is 16.5 Å². The van der Waals surface area contributed by atoms with E-state index >= 15 is 0 Å². The van der Waals surface area contributed by atoms with Crippen LogP contribution >= 0.6 is 0 Å². The topological polar surface area (TPSA) is 46.3 Å². The Morgan fingerprint density at radius 2 is 1.68 bits per heavy atom. The number of hydrogen-bond donors (Lipinski definition) is 0. The summed E-state index contributed by atoms with van der Waals surface area (Å²) in [4.78, 5) is 19.1. The van der Waals surface area contributed by atoms with Crippen LogP contribution < -0.4 is 10.5 Å². The van der Waals surface area contributed by atoms with Gasteiger partial charge in [-0.2, -0.15) is 0 Å². The summed E-state index contributed by atoms with van der Waals surface area (Å²) in [7, 11) is 0. The second-order valence-corrected chi connectivity index (χ2v) is 5.53. The third-order valence-electron chi connectivity index (χ3n) is 4.12. The number of para-hydroxylation sites is 2. The molecule has 2 heterocycles. The quantitative estimate of drug-likeness (QED) is 0.725. The van der Waals surface area contributed by atoms with E-state index in [-0.39, 0.29) is 5.63 Å². The van der Waals surface area contributed by atoms with Crippen LogP contribution in [0.4, 0.5) is 5.69 Å². The van der Waals surface area contributed by atoms with E-state index < -0.39 is 0 Å². The lowest BCUT2D eigenvalue weighted by Gasteiger charge is -2.20. The molecule has 0 unspecified atom stereocenters. The highest BCUT2D eigenvalue weighted by molar-refractivity contribution is 5.81. The first-order valence-electron chi connectivity index (χ1n) is 7.57. The summed E-state index contributed by atoms with van der Waals surface area (Å²) in [6.07, 6.45) is 2.40. The first-order chi connectivity index (χ1) is 10.8. The summed E-state index contributed by atoms with van der Waals surface area (Å²) < 4.78 is 5.48. The zero-order valence-corrected chi connectivity index (χ0v) is 12.2. The van der Waals surface area contributed by atoms with Crippen molar-refractivity contribution in [2.75, 3.05) is 18.0 Å². The fraction of sp³-hybridized carbons (Fsp3) is 0.222. The Bertz CT molecular complexity index is 879. The summed E-state index contributed by atoms with van der Waals surface area (Å²) in [5, 5.41) is 0.518. The smallest absolute Gasteiger partial charge is 0.347 e. The van der Waals surface area contributed by atoms with Gasteiger partial charge in [-0.25, -0.2) is 9.78 Å². The molecule has 0 N–H and O–H groups in total. The fourth-order valence-corrected chi connectivity index (χ4v) is 3.02. The Morgan fingerprint density at radius 1 is 0.955 bits per heavy atom. The maximum atomic E-state index is 12.2. The maximum Gasteiger partial charge on any atom is 0.347 e. The zero-order chi connectivity index (χ0) is 14.9. The minimum absolute atomic E-state index is 0.336. The zero-order valence-electron chi connectivity index (χ0n) is 12.2. The van der Waals surface area contributed by atoms with E-state index in [9.17, 15) is 4.79 Å². The number of nitrogens with zero attached hydrogens (tertiary/aromatic N) is 2. The highest BCUT2D eigenvalue weighted by atomic mass is 16.4. The van der Waals surface area contributed by atoms with Crippen LogP contribution in [0.25, 0.3) is 22.4 Å². The Hall–Kier alpha value is -2.62. The molecule has 1 aliphatic heterocycles. The summed E-state index contributed by atoms with van der Waals surface area (Å²) in [6.45, 7) is 2.07. The minimum atomic E-state index is -0.336. The Morgan fingerprint density at radius 3 is 2.55 bits per heavy atom. The monoisotopic (exact) mass is 292 g/mol. The lowest BCUT2D eigenvalue weighted by atomic mass is 10.1. The normalized spacial score (nSPS) is 14.6. The Labute approximate surface area is 128 Å². The van der Waals surface area contributed by atoms with Crippen LogP contribution in [-0.4, -0.2) is 18.1 Å². The van der Waals surface area contributed by atoms with Crippen LogP contribution in [0.5, 0.6) is 0 Å². The van der Waals surface area contributed by atoms with E-state index in [1.54, 1.807) is 6.07 Å². The van der Waals surface area contributed by atoms with E-state index in [2.05, 4.69) is 16.0 Å². The van der Waals surface area contributed by atoms with Crippen LogP contribution in [0.15, 0.2) is 57.7 Å². The molecule has 4 heteroatoms. The average molecular weight is 292 g/mol. The predicted molar refractivity (Wildman–Crippen MR) is 87.2 cm³/mol. The third-order valence-corrected chi connectivity index (χ3v) is 4.12. The molecule has 1 fully saturated rings. The molecule has 0 amide bonds. The molecule has 1 aliphatic rings. The average Bonchev–Trinajstić information content (AvgIpc) is 3.09. The van der Waals surface area contributed by atoms with Crippen LogP contribution in [0.2, 0.25) is 0 Å². The molecule has 0 spiro atoms. The number of aromatic nitrogens is 1. The van der Waals surface area contributed by atoms with Gasteiger partial charge in [0.25, 0.3) is 0 Å². The number of rotatable bonds is 2. The van der Waals surface area contributed by atoms with Gasteiger partial charge in [0, 0.05) is 18.8 Å². The molecule has 22 heavy (non-hydrogen) atoms. The van der Waals surface area contributed by atoms with Crippen molar-refractivity contribution < 1.29 is 4.42 Å². The first kappa shape index (κ1) is 13.1. The SMILES string of the molecule is O=c1oc(-c2ccccc2N2CCCC2)nc2ccccc12. The van der Waals surface area contributed by atoms with Crippen molar-refractivity contribution in [2.45, 2.75) is 12.8 Å². The molecule has 1 saturated heterocycles. The van der Waals surface area contributed by atoms with Crippen LogP contribution in [0, 0.1) is 0 Å². The van der Waals surface area contributed by atoms with Crippen LogP contribution in [0.1, 0.15) is 12.8 Å². The van der Waals surface area contributed by atoms with Crippen LogP contribution in [-0.2, 0) is 0 Å². The van der Waals surface area contributed by atoms with Gasteiger partial charge in [-0.05, 0) is 37.1 Å². The molecule has 4 nitrogen and oxygen atoms in total. The van der Waals surface area contributed by atoms with Crippen LogP contribution in [0.3, 0.4) is 0 Å². The summed E-state index contributed by atoms with van der Waals surface area (Å²) >= 11 is 0. The molecule has 3 aromatic rings. The van der Waals surface area contributed by atoms with Gasteiger partial charge in [0.2, 0.25) is 5.89 Å². The number of fused-ring (bicyclic) bond motifs is 1. The van der Waals surface area contributed by atoms with E-state index in [0.717, 1.165) is 24.3 Å². The van der Waals surface area contributed by atoms with Gasteiger partial charge in [-0.1, -0.05) is 24.3 Å². The highest BCUT2D eigenvalue weighted by Gasteiger charge is 2.18. The number of benzene rings is 2. The van der Waals surface area contributed by atoms with Crippen molar-refractivity contribution in [2.24, 2.45) is 0 Å². The molecule has 4 rings (SSSR count). The second-order valence-electron chi connectivity index (χ2n) is 5.53. The van der Waals surface area contributed by atoms with E-state index in [0.29, 0.717) is 16.8 Å². The summed E-state index contributed by atoms with van der Waals surface area (Å²) in [5.74, 6) is 0.395. The lowest BCUT2D eigenvalue weighted by Crippen LogP contribution is -2.18. The molecule has 0 atom stereocenters.